The van der Waals surface area contributed by atoms with Crippen LogP contribution in [0.1, 0.15) is 18.4 Å². The normalized spacial score (nSPS) is 45.5. The van der Waals surface area contributed by atoms with Gasteiger partial charge in [0.15, 0.2) is 0 Å². The van der Waals surface area contributed by atoms with Gasteiger partial charge in [0.05, 0.1) is 0 Å². The minimum Gasteiger partial charge on any atom is -0.430 e. The Morgan fingerprint density at radius 1 is 1.00 bits per heavy atom. The predicted molar refractivity (Wildman–Crippen MR) is 71.7 cm³/mol. The zero-order valence-corrected chi connectivity index (χ0v) is 11.3. The zero-order chi connectivity index (χ0) is 13.3. The fourth-order valence-corrected chi connectivity index (χ4v) is 5.48. The highest BCUT2D eigenvalue weighted by Crippen LogP contribution is 2.78. The predicted octanol–water partition coefficient (Wildman–Crippen LogP) is 3.24. The molecule has 20 heavy (non-hydrogen) atoms. The molecule has 1 aromatic carbocycles. The topological polar surface area (TPSA) is 35.5 Å². The average molecular weight is 270 g/mol. The van der Waals surface area contributed by atoms with E-state index in [0.29, 0.717) is 18.4 Å². The number of carbonyl (C=O) groups excluding carboxylic acids is 1. The second-order valence-electron chi connectivity index (χ2n) is 6.89. The maximum atomic E-state index is 11.9. The van der Waals surface area contributed by atoms with Crippen LogP contribution in [-0.2, 0) is 16.1 Å². The lowest BCUT2D eigenvalue weighted by molar-refractivity contribution is -0.174. The van der Waals surface area contributed by atoms with Gasteiger partial charge in [-0.2, -0.15) is 0 Å². The number of hydrogen-bond acceptors (Lipinski definition) is 3. The average Bonchev–Trinajstić information content (AvgIpc) is 2.70. The van der Waals surface area contributed by atoms with Crippen LogP contribution in [0.3, 0.4) is 0 Å². The van der Waals surface area contributed by atoms with Gasteiger partial charge in [0.1, 0.15) is 12.7 Å². The van der Waals surface area contributed by atoms with Crippen molar-refractivity contribution in [3.8, 4) is 0 Å². The highest BCUT2D eigenvalue weighted by molar-refractivity contribution is 5.60. The summed E-state index contributed by atoms with van der Waals surface area (Å²) in [5.41, 5.74) is 1.00. The van der Waals surface area contributed by atoms with E-state index < -0.39 is 6.16 Å². The van der Waals surface area contributed by atoms with E-state index in [-0.39, 0.29) is 6.10 Å². The molecule has 0 aromatic heterocycles. The Bertz CT molecular complexity index is 533. The summed E-state index contributed by atoms with van der Waals surface area (Å²) < 4.78 is 10.9. The van der Waals surface area contributed by atoms with E-state index in [1.54, 1.807) is 0 Å². The fourth-order valence-electron chi connectivity index (χ4n) is 5.48. The first-order chi connectivity index (χ1) is 9.83. The summed E-state index contributed by atoms with van der Waals surface area (Å²) in [4.78, 5) is 11.9. The molecule has 0 heterocycles. The third kappa shape index (κ3) is 1.28. The molecule has 0 amide bonds. The van der Waals surface area contributed by atoms with E-state index in [1.807, 2.05) is 30.3 Å². The van der Waals surface area contributed by atoms with Crippen molar-refractivity contribution in [1.82, 2.24) is 0 Å². The molecule has 0 spiro atoms. The molecule has 6 atom stereocenters. The third-order valence-electron chi connectivity index (χ3n) is 6.34. The van der Waals surface area contributed by atoms with Crippen LogP contribution in [0, 0.1) is 35.5 Å². The monoisotopic (exact) mass is 270 g/mol. The van der Waals surface area contributed by atoms with E-state index >= 15 is 0 Å². The van der Waals surface area contributed by atoms with Crippen LogP contribution in [0.5, 0.6) is 0 Å². The van der Waals surface area contributed by atoms with Crippen molar-refractivity contribution in [3.05, 3.63) is 35.9 Å². The second-order valence-corrected chi connectivity index (χ2v) is 6.89. The van der Waals surface area contributed by atoms with Crippen LogP contribution in [0.2, 0.25) is 0 Å². The van der Waals surface area contributed by atoms with Crippen molar-refractivity contribution in [2.45, 2.75) is 25.6 Å². The summed E-state index contributed by atoms with van der Waals surface area (Å²) in [5.74, 6) is 5.05. The molecule has 3 nitrogen and oxygen atoms in total. The molecule has 0 bridgehead atoms. The molecule has 0 radical (unpaired) electrons. The molecular weight excluding hydrogens is 252 g/mol. The molecule has 3 heteroatoms. The molecule has 0 N–H and O–H groups in total. The van der Waals surface area contributed by atoms with E-state index in [2.05, 4.69) is 0 Å². The lowest BCUT2D eigenvalue weighted by Crippen LogP contribution is -2.60. The number of benzene rings is 1. The van der Waals surface area contributed by atoms with Gasteiger partial charge in [-0.05, 0) is 42.1 Å². The second kappa shape index (κ2) is 3.78. The summed E-state index contributed by atoms with van der Waals surface area (Å²) >= 11 is 0. The molecule has 1 aromatic rings. The molecule has 104 valence electrons. The first kappa shape index (κ1) is 11.2. The van der Waals surface area contributed by atoms with Crippen molar-refractivity contribution >= 4 is 6.16 Å². The van der Waals surface area contributed by atoms with Crippen molar-refractivity contribution in [1.29, 1.82) is 0 Å². The molecule has 5 rings (SSSR count). The van der Waals surface area contributed by atoms with Crippen LogP contribution < -0.4 is 0 Å². The maximum absolute atomic E-state index is 11.9. The first-order valence-electron chi connectivity index (χ1n) is 7.70. The number of rotatable bonds is 3. The van der Waals surface area contributed by atoms with Gasteiger partial charge in [0.25, 0.3) is 0 Å². The summed E-state index contributed by atoms with van der Waals surface area (Å²) in [7, 11) is 0. The molecular formula is C17H18O3. The van der Waals surface area contributed by atoms with E-state index in [9.17, 15) is 4.79 Å². The summed E-state index contributed by atoms with van der Waals surface area (Å²) in [6.07, 6.45) is 2.26. The molecule has 4 aliphatic carbocycles. The van der Waals surface area contributed by atoms with Gasteiger partial charge >= 0.3 is 6.16 Å². The Morgan fingerprint density at radius 2 is 1.65 bits per heavy atom. The molecule has 0 aliphatic heterocycles. The summed E-state index contributed by atoms with van der Waals surface area (Å²) in [5, 5.41) is 0. The van der Waals surface area contributed by atoms with E-state index in [0.717, 1.165) is 29.2 Å². The fraction of sp³-hybridized carbons (Fsp3) is 0.588. The Kier molecular flexibility index (Phi) is 2.11. The smallest absolute Gasteiger partial charge is 0.430 e. The standard InChI is InChI=1S/C17H18O3/c18-17(19-8-9-4-2-1-3-5-9)20-16-12-6-10-11-7-13(16)15(11)14(10)12/h1-5,10-16H,6-8H2. The first-order valence-corrected chi connectivity index (χ1v) is 7.70. The highest BCUT2D eigenvalue weighted by Gasteiger charge is 2.77. The Labute approximate surface area is 118 Å². The third-order valence-corrected chi connectivity index (χ3v) is 6.34. The van der Waals surface area contributed by atoms with Crippen LogP contribution in [0.4, 0.5) is 4.79 Å². The van der Waals surface area contributed by atoms with Crippen LogP contribution >= 0.6 is 0 Å². The Balaban J connectivity index is 1.19. The van der Waals surface area contributed by atoms with Crippen molar-refractivity contribution in [3.63, 3.8) is 0 Å². The Morgan fingerprint density at radius 3 is 2.30 bits per heavy atom. The highest BCUT2D eigenvalue weighted by atomic mass is 16.7. The van der Waals surface area contributed by atoms with Crippen molar-refractivity contribution < 1.29 is 14.3 Å². The summed E-state index contributed by atoms with van der Waals surface area (Å²) in [6, 6.07) is 9.76. The molecule has 6 unspecified atom stereocenters. The van der Waals surface area contributed by atoms with Crippen molar-refractivity contribution in [2.75, 3.05) is 0 Å². The van der Waals surface area contributed by atoms with Crippen LogP contribution in [0.15, 0.2) is 30.3 Å². The van der Waals surface area contributed by atoms with Gasteiger partial charge in [-0.15, -0.1) is 0 Å². The molecule has 4 saturated carbocycles. The number of carbonyl (C=O) groups is 1. The molecule has 4 aliphatic rings. The SMILES string of the molecule is O=C(OCc1ccccc1)OC1C2CC3C4CC1C4C32. The quantitative estimate of drug-likeness (QED) is 0.791. The minimum absolute atomic E-state index is 0.156. The Hall–Kier alpha value is -1.51. The number of ether oxygens (including phenoxy) is 2. The van der Waals surface area contributed by atoms with E-state index in [1.165, 1.54) is 12.8 Å². The van der Waals surface area contributed by atoms with Gasteiger partial charge in [0.2, 0.25) is 0 Å². The van der Waals surface area contributed by atoms with Gasteiger partial charge in [-0.3, -0.25) is 0 Å². The molecule has 4 fully saturated rings. The van der Waals surface area contributed by atoms with Gasteiger partial charge < -0.3 is 9.47 Å². The lowest BCUT2D eigenvalue weighted by atomic mass is 9.39. The van der Waals surface area contributed by atoms with Crippen LogP contribution in [0.25, 0.3) is 0 Å². The van der Waals surface area contributed by atoms with Gasteiger partial charge in [0, 0.05) is 11.8 Å². The van der Waals surface area contributed by atoms with Crippen LogP contribution in [-0.4, -0.2) is 12.3 Å². The minimum atomic E-state index is -0.480. The lowest BCUT2D eigenvalue weighted by Gasteiger charge is -2.65. The number of hydrogen-bond donors (Lipinski definition) is 0. The van der Waals surface area contributed by atoms with Crippen molar-refractivity contribution in [2.24, 2.45) is 35.5 Å². The van der Waals surface area contributed by atoms with Gasteiger partial charge in [-0.25, -0.2) is 4.79 Å². The zero-order valence-electron chi connectivity index (χ0n) is 11.3. The van der Waals surface area contributed by atoms with Gasteiger partial charge in [-0.1, -0.05) is 30.3 Å². The van der Waals surface area contributed by atoms with E-state index in [4.69, 9.17) is 9.47 Å². The summed E-state index contributed by atoms with van der Waals surface area (Å²) in [6.45, 7) is 0.305. The maximum Gasteiger partial charge on any atom is 0.508 e. The molecule has 0 saturated heterocycles. The largest absolute Gasteiger partial charge is 0.508 e. The number of fused-ring (bicyclic) bond motifs is 1.